The van der Waals surface area contributed by atoms with Gasteiger partial charge in [-0.15, -0.1) is 0 Å². The molecule has 1 saturated heterocycles. The maximum absolute atomic E-state index is 12.8. The zero-order valence-electron chi connectivity index (χ0n) is 18.3. The van der Waals surface area contributed by atoms with Gasteiger partial charge < -0.3 is 15.0 Å². The van der Waals surface area contributed by atoms with Gasteiger partial charge in [0.15, 0.2) is 0 Å². The first-order valence-electron chi connectivity index (χ1n) is 10.4. The van der Waals surface area contributed by atoms with Crippen LogP contribution in [0.15, 0.2) is 29.2 Å². The number of nitrogens with one attached hydrogen (secondary N) is 2. The molecule has 0 unspecified atom stereocenters. The Morgan fingerprint density at radius 1 is 1.16 bits per heavy atom. The van der Waals surface area contributed by atoms with E-state index < -0.39 is 21.9 Å². The van der Waals surface area contributed by atoms with E-state index in [1.54, 1.807) is 32.9 Å². The highest BCUT2D eigenvalue weighted by Crippen LogP contribution is 2.25. The topological polar surface area (TPSA) is 109 Å². The molecule has 1 aliphatic heterocycles. The van der Waals surface area contributed by atoms with Crippen molar-refractivity contribution in [2.75, 3.05) is 25.0 Å². The molecule has 2 heterocycles. The van der Waals surface area contributed by atoms with Gasteiger partial charge in [0.2, 0.25) is 10.0 Å². The van der Waals surface area contributed by atoms with E-state index in [1.807, 2.05) is 0 Å². The summed E-state index contributed by atoms with van der Waals surface area (Å²) in [7, 11) is -3.54. The van der Waals surface area contributed by atoms with Gasteiger partial charge in [0.1, 0.15) is 5.69 Å². The molecule has 2 N–H and O–H groups in total. The number of hydrogen-bond donors (Lipinski definition) is 2. The molecule has 1 aromatic heterocycles. The molecule has 0 bridgehead atoms. The number of hydrogen-bond acceptors (Lipinski definition) is 5. The number of benzene rings is 1. The second kappa shape index (κ2) is 9.23. The molecule has 1 amide bonds. The van der Waals surface area contributed by atoms with Gasteiger partial charge in [-0.25, -0.2) is 13.2 Å². The minimum absolute atomic E-state index is 0.205. The van der Waals surface area contributed by atoms with Crippen molar-refractivity contribution in [3.8, 4) is 0 Å². The lowest BCUT2D eigenvalue weighted by Crippen LogP contribution is -2.37. The van der Waals surface area contributed by atoms with Crippen LogP contribution < -0.4 is 5.32 Å². The summed E-state index contributed by atoms with van der Waals surface area (Å²) in [6, 6.07) is 6.13. The molecule has 0 atom stereocenters. The average Bonchev–Trinajstić information content (AvgIpc) is 3.03. The number of carbonyl (C=O) groups excluding carboxylic acids is 2. The van der Waals surface area contributed by atoms with E-state index in [-0.39, 0.29) is 17.2 Å². The predicted octanol–water partition coefficient (Wildman–Crippen LogP) is 3.48. The number of sulfonamides is 1. The maximum Gasteiger partial charge on any atom is 0.340 e. The Labute approximate surface area is 183 Å². The Morgan fingerprint density at radius 2 is 1.77 bits per heavy atom. The van der Waals surface area contributed by atoms with E-state index >= 15 is 0 Å². The molecule has 0 saturated carbocycles. The number of nitrogens with zero attached hydrogens (tertiary/aromatic N) is 1. The van der Waals surface area contributed by atoms with Crippen LogP contribution >= 0.6 is 0 Å². The smallest absolute Gasteiger partial charge is 0.340 e. The number of rotatable bonds is 6. The van der Waals surface area contributed by atoms with E-state index in [1.165, 1.54) is 16.4 Å². The first-order valence-corrected chi connectivity index (χ1v) is 11.9. The lowest BCUT2D eigenvalue weighted by Gasteiger charge is -2.29. The monoisotopic (exact) mass is 447 g/mol. The van der Waals surface area contributed by atoms with Crippen LogP contribution in [0, 0.1) is 19.8 Å². The van der Waals surface area contributed by atoms with Crippen molar-refractivity contribution in [3.05, 3.63) is 46.8 Å². The number of aryl methyl sites for hydroxylation is 1. The van der Waals surface area contributed by atoms with Gasteiger partial charge in [-0.05, 0) is 69.4 Å². The molecule has 0 aliphatic carbocycles. The Kier molecular flexibility index (Phi) is 6.86. The van der Waals surface area contributed by atoms with Gasteiger partial charge >= 0.3 is 5.97 Å². The summed E-state index contributed by atoms with van der Waals surface area (Å²) in [5.74, 6) is -0.361. The van der Waals surface area contributed by atoms with Crippen LogP contribution in [0.3, 0.4) is 0 Å². The van der Waals surface area contributed by atoms with Crippen molar-refractivity contribution in [1.82, 2.24) is 9.29 Å². The number of aromatic amines is 1. The fourth-order valence-electron chi connectivity index (χ4n) is 3.76. The van der Waals surface area contributed by atoms with Crippen molar-refractivity contribution in [3.63, 3.8) is 0 Å². The molecule has 168 valence electrons. The summed E-state index contributed by atoms with van der Waals surface area (Å²) in [6.45, 7) is 8.53. The number of carbonyl (C=O) groups is 2. The van der Waals surface area contributed by atoms with Crippen molar-refractivity contribution in [2.24, 2.45) is 5.92 Å². The van der Waals surface area contributed by atoms with Crippen LogP contribution in [0.5, 0.6) is 0 Å². The van der Waals surface area contributed by atoms with Crippen molar-refractivity contribution in [2.45, 2.75) is 45.4 Å². The molecule has 3 rings (SSSR count). The van der Waals surface area contributed by atoms with E-state index in [0.29, 0.717) is 41.5 Å². The van der Waals surface area contributed by atoms with Gasteiger partial charge in [0.05, 0.1) is 17.1 Å². The normalized spacial score (nSPS) is 15.6. The lowest BCUT2D eigenvalue weighted by atomic mass is 10.0. The molecule has 1 aromatic carbocycles. The van der Waals surface area contributed by atoms with Gasteiger partial charge in [0, 0.05) is 24.5 Å². The summed E-state index contributed by atoms with van der Waals surface area (Å²) in [5, 5.41) is 2.74. The second-order valence-electron chi connectivity index (χ2n) is 7.91. The SMILES string of the molecule is CCOC(=O)c1c(C)[nH]c(C(=O)Nc2ccc(S(=O)(=O)N3CCC(C)CC3)cc2)c1C. The highest BCUT2D eigenvalue weighted by molar-refractivity contribution is 7.89. The summed E-state index contributed by atoms with van der Waals surface area (Å²) >= 11 is 0. The molecule has 8 nitrogen and oxygen atoms in total. The maximum atomic E-state index is 12.8. The first kappa shape index (κ1) is 23.0. The Hall–Kier alpha value is -2.65. The van der Waals surface area contributed by atoms with E-state index in [4.69, 9.17) is 4.74 Å². The van der Waals surface area contributed by atoms with Crippen molar-refractivity contribution in [1.29, 1.82) is 0 Å². The molecule has 1 fully saturated rings. The fraction of sp³-hybridized carbons (Fsp3) is 0.455. The molecule has 2 aromatic rings. The molecule has 0 radical (unpaired) electrons. The second-order valence-corrected chi connectivity index (χ2v) is 9.85. The Bertz CT molecular complexity index is 1070. The van der Waals surface area contributed by atoms with Crippen LogP contribution in [-0.4, -0.2) is 49.3 Å². The standard InChI is InChI=1S/C22H29N3O5S/c1-5-30-22(27)19-15(3)20(23-16(19)4)21(26)24-17-6-8-18(9-7-17)31(28,29)25-12-10-14(2)11-13-25/h6-9,14,23H,5,10-13H2,1-4H3,(H,24,26). The highest BCUT2D eigenvalue weighted by Gasteiger charge is 2.28. The molecule has 9 heteroatoms. The van der Waals surface area contributed by atoms with Gasteiger partial charge in [-0.3, -0.25) is 4.79 Å². The summed E-state index contributed by atoms with van der Waals surface area (Å²) in [4.78, 5) is 28.0. The van der Waals surface area contributed by atoms with E-state index in [2.05, 4.69) is 17.2 Å². The first-order chi connectivity index (χ1) is 14.6. The molecule has 31 heavy (non-hydrogen) atoms. The third-order valence-electron chi connectivity index (χ3n) is 5.64. The fourth-order valence-corrected chi connectivity index (χ4v) is 5.23. The molecule has 0 spiro atoms. The van der Waals surface area contributed by atoms with Gasteiger partial charge in [0.25, 0.3) is 5.91 Å². The number of H-pyrrole nitrogens is 1. The minimum Gasteiger partial charge on any atom is -0.462 e. The average molecular weight is 448 g/mol. The number of amides is 1. The summed E-state index contributed by atoms with van der Waals surface area (Å²) in [6.07, 6.45) is 1.71. The Balaban J connectivity index is 1.74. The zero-order valence-corrected chi connectivity index (χ0v) is 19.1. The van der Waals surface area contributed by atoms with Crippen LogP contribution in [0.25, 0.3) is 0 Å². The molecular weight excluding hydrogens is 418 g/mol. The summed E-state index contributed by atoms with van der Waals surface area (Å²) in [5.41, 5.74) is 2.13. The summed E-state index contributed by atoms with van der Waals surface area (Å²) < 4.78 is 32.2. The van der Waals surface area contributed by atoms with E-state index in [0.717, 1.165) is 12.8 Å². The van der Waals surface area contributed by atoms with Gasteiger partial charge in [-0.1, -0.05) is 6.92 Å². The quantitative estimate of drug-likeness (QED) is 0.659. The van der Waals surface area contributed by atoms with Gasteiger partial charge in [-0.2, -0.15) is 4.31 Å². The largest absolute Gasteiger partial charge is 0.462 e. The van der Waals surface area contributed by atoms with Crippen LogP contribution in [0.2, 0.25) is 0 Å². The zero-order chi connectivity index (χ0) is 22.8. The third-order valence-corrected chi connectivity index (χ3v) is 7.55. The number of piperidine rings is 1. The lowest BCUT2D eigenvalue weighted by molar-refractivity contribution is 0.0525. The van der Waals surface area contributed by atoms with Crippen LogP contribution in [0.1, 0.15) is 58.8 Å². The number of aromatic nitrogens is 1. The number of anilines is 1. The molecular formula is C22H29N3O5S. The van der Waals surface area contributed by atoms with E-state index in [9.17, 15) is 18.0 Å². The Morgan fingerprint density at radius 3 is 2.35 bits per heavy atom. The van der Waals surface area contributed by atoms with Crippen LogP contribution in [-0.2, 0) is 14.8 Å². The third kappa shape index (κ3) is 4.83. The number of ether oxygens (including phenoxy) is 1. The predicted molar refractivity (Wildman–Crippen MR) is 118 cm³/mol. The number of esters is 1. The van der Waals surface area contributed by atoms with Crippen molar-refractivity contribution < 1.29 is 22.7 Å². The molecule has 1 aliphatic rings. The highest BCUT2D eigenvalue weighted by atomic mass is 32.2. The van der Waals surface area contributed by atoms with Crippen molar-refractivity contribution >= 4 is 27.6 Å². The van der Waals surface area contributed by atoms with Crippen LogP contribution in [0.4, 0.5) is 5.69 Å². The minimum atomic E-state index is -3.54.